The van der Waals surface area contributed by atoms with E-state index in [1.165, 1.54) is 6.92 Å². The van der Waals surface area contributed by atoms with Crippen LogP contribution in [-0.4, -0.2) is 36.3 Å². The average Bonchev–Trinajstić information content (AvgIpc) is 2.54. The molecule has 2 rings (SSSR count). The number of H-pyrrole nitrogens is 1. The highest BCUT2D eigenvalue weighted by Gasteiger charge is 2.31. The van der Waals surface area contributed by atoms with E-state index in [4.69, 9.17) is 9.47 Å². The minimum Gasteiger partial charge on any atom is -0.376 e. The van der Waals surface area contributed by atoms with Crippen molar-refractivity contribution in [2.45, 2.75) is 44.6 Å². The second-order valence-electron chi connectivity index (χ2n) is 5.58. The average molecular weight is 348 g/mol. The molecule has 0 spiro atoms. The highest BCUT2D eigenvalue weighted by molar-refractivity contribution is 5.93. The number of ether oxygens (including phenoxy) is 2. The number of halogens is 3. The molecule has 2 heterocycles. The van der Waals surface area contributed by atoms with E-state index in [0.717, 1.165) is 19.3 Å². The molecule has 0 aromatic carbocycles. The minimum absolute atomic E-state index is 0.0917. The van der Waals surface area contributed by atoms with Crippen LogP contribution in [0.4, 0.5) is 18.9 Å². The summed E-state index contributed by atoms with van der Waals surface area (Å²) < 4.78 is 48.8. The van der Waals surface area contributed by atoms with Crippen molar-refractivity contribution < 1.29 is 27.4 Å². The molecule has 1 aliphatic heterocycles. The Kier molecular flexibility index (Phi) is 6.00. The van der Waals surface area contributed by atoms with Crippen molar-refractivity contribution in [3.05, 3.63) is 28.2 Å². The number of carbonyl (C=O) groups is 1. The number of anilines is 1. The quantitative estimate of drug-likeness (QED) is 0.856. The Morgan fingerprint density at radius 1 is 1.50 bits per heavy atom. The zero-order chi connectivity index (χ0) is 17.7. The Balaban J connectivity index is 1.94. The van der Waals surface area contributed by atoms with Gasteiger partial charge in [0.1, 0.15) is 11.8 Å². The van der Waals surface area contributed by atoms with Crippen LogP contribution in [0.3, 0.4) is 0 Å². The van der Waals surface area contributed by atoms with Crippen LogP contribution in [0.1, 0.15) is 31.7 Å². The molecule has 0 bridgehead atoms. The number of carbonyl (C=O) groups excluding carboxylic acids is 1. The molecule has 1 fully saturated rings. The van der Waals surface area contributed by atoms with Crippen molar-refractivity contribution in [3.63, 3.8) is 0 Å². The second-order valence-corrected chi connectivity index (χ2v) is 5.58. The zero-order valence-corrected chi connectivity index (χ0v) is 13.1. The number of pyridine rings is 1. The van der Waals surface area contributed by atoms with Gasteiger partial charge in [-0.3, -0.25) is 9.59 Å². The van der Waals surface area contributed by atoms with Crippen LogP contribution >= 0.6 is 0 Å². The van der Waals surface area contributed by atoms with Crippen molar-refractivity contribution in [3.8, 4) is 0 Å². The molecule has 2 N–H and O–H groups in total. The number of hydrogen-bond donors (Lipinski definition) is 2. The van der Waals surface area contributed by atoms with Gasteiger partial charge in [0, 0.05) is 12.8 Å². The van der Waals surface area contributed by atoms with E-state index in [-0.39, 0.29) is 12.7 Å². The van der Waals surface area contributed by atoms with E-state index in [2.05, 4.69) is 5.32 Å². The maximum absolute atomic E-state index is 12.6. The summed E-state index contributed by atoms with van der Waals surface area (Å²) in [5.74, 6) is -0.698. The molecule has 9 heteroatoms. The first-order valence-corrected chi connectivity index (χ1v) is 7.61. The molecule has 1 amide bonds. The van der Waals surface area contributed by atoms with Gasteiger partial charge in [-0.1, -0.05) is 0 Å². The molecule has 1 aromatic heterocycles. The van der Waals surface area contributed by atoms with E-state index in [0.29, 0.717) is 18.9 Å². The number of hydrogen-bond acceptors (Lipinski definition) is 4. The molecular weight excluding hydrogens is 329 g/mol. The predicted octanol–water partition coefficient (Wildman–Crippen LogP) is 2.31. The van der Waals surface area contributed by atoms with Gasteiger partial charge in [0.05, 0.1) is 18.3 Å². The molecule has 0 saturated carbocycles. The van der Waals surface area contributed by atoms with Crippen LogP contribution < -0.4 is 10.9 Å². The fourth-order valence-electron chi connectivity index (χ4n) is 2.24. The number of amides is 1. The van der Waals surface area contributed by atoms with Gasteiger partial charge in [-0.15, -0.1) is 0 Å². The highest BCUT2D eigenvalue weighted by atomic mass is 19.4. The molecule has 1 aliphatic rings. The lowest BCUT2D eigenvalue weighted by atomic mass is 10.1. The van der Waals surface area contributed by atoms with Gasteiger partial charge < -0.3 is 19.8 Å². The van der Waals surface area contributed by atoms with Gasteiger partial charge in [-0.05, 0) is 32.3 Å². The Morgan fingerprint density at radius 3 is 2.88 bits per heavy atom. The van der Waals surface area contributed by atoms with Crippen molar-refractivity contribution >= 4 is 11.6 Å². The lowest BCUT2D eigenvalue weighted by Crippen LogP contribution is -2.34. The van der Waals surface area contributed by atoms with Crippen LogP contribution in [0.5, 0.6) is 0 Å². The second kappa shape index (κ2) is 7.80. The third kappa shape index (κ3) is 5.07. The maximum Gasteiger partial charge on any atom is 0.417 e. The molecule has 24 heavy (non-hydrogen) atoms. The lowest BCUT2D eigenvalue weighted by Gasteiger charge is -2.23. The van der Waals surface area contributed by atoms with E-state index < -0.39 is 35.0 Å². The summed E-state index contributed by atoms with van der Waals surface area (Å²) in [5.41, 5.74) is -2.35. The summed E-state index contributed by atoms with van der Waals surface area (Å²) in [6, 6.07) is 0.591. The van der Waals surface area contributed by atoms with Crippen molar-refractivity contribution in [1.29, 1.82) is 0 Å². The third-order valence-electron chi connectivity index (χ3n) is 3.66. The molecule has 2 atom stereocenters. The van der Waals surface area contributed by atoms with E-state index in [1.54, 1.807) is 0 Å². The molecule has 1 aromatic rings. The molecular formula is C15H19F3N2O4. The van der Waals surface area contributed by atoms with E-state index >= 15 is 0 Å². The van der Waals surface area contributed by atoms with Gasteiger partial charge in [-0.25, -0.2) is 0 Å². The Morgan fingerprint density at radius 2 is 2.25 bits per heavy atom. The third-order valence-corrected chi connectivity index (χ3v) is 3.66. The predicted molar refractivity (Wildman–Crippen MR) is 79.7 cm³/mol. The first-order valence-electron chi connectivity index (χ1n) is 7.61. The van der Waals surface area contributed by atoms with Gasteiger partial charge in [0.25, 0.3) is 11.5 Å². The topological polar surface area (TPSA) is 80.4 Å². The van der Waals surface area contributed by atoms with Gasteiger partial charge in [-0.2, -0.15) is 13.2 Å². The molecule has 134 valence electrons. The number of aromatic amines is 1. The first kappa shape index (κ1) is 18.5. The van der Waals surface area contributed by atoms with E-state index in [1.807, 2.05) is 4.98 Å². The summed E-state index contributed by atoms with van der Waals surface area (Å²) in [6.45, 7) is 2.32. The molecule has 0 radical (unpaired) electrons. The fourth-order valence-corrected chi connectivity index (χ4v) is 2.24. The Hall–Kier alpha value is -1.87. The Bertz CT molecular complexity index is 624. The normalized spacial score (nSPS) is 19.8. The van der Waals surface area contributed by atoms with Crippen LogP contribution in [0, 0.1) is 0 Å². The fraction of sp³-hybridized carbons (Fsp3) is 0.600. The van der Waals surface area contributed by atoms with Crippen molar-refractivity contribution in [2.75, 3.05) is 18.5 Å². The summed E-state index contributed by atoms with van der Waals surface area (Å²) >= 11 is 0. The van der Waals surface area contributed by atoms with Crippen molar-refractivity contribution in [1.82, 2.24) is 4.98 Å². The number of aromatic nitrogens is 1. The standard InChI is InChI=1S/C15H19F3N2O4/c1-9(24-8-11-4-2-3-5-23-11)13(21)20-12-6-10(15(16,17)18)7-19-14(12)22/h6-7,9,11H,2-5,8H2,1H3,(H,19,22)(H,20,21). The van der Waals surface area contributed by atoms with Crippen molar-refractivity contribution in [2.24, 2.45) is 0 Å². The molecule has 0 aliphatic carbocycles. The summed E-state index contributed by atoms with van der Waals surface area (Å²) in [6.07, 6.45) is -2.24. The van der Waals surface area contributed by atoms with Crippen LogP contribution in [0.25, 0.3) is 0 Å². The lowest BCUT2D eigenvalue weighted by molar-refractivity contribution is -0.138. The van der Waals surface area contributed by atoms with Gasteiger partial charge in [0.15, 0.2) is 0 Å². The van der Waals surface area contributed by atoms with Crippen LogP contribution in [0.2, 0.25) is 0 Å². The van der Waals surface area contributed by atoms with Crippen LogP contribution in [0.15, 0.2) is 17.1 Å². The number of nitrogens with one attached hydrogen (secondary N) is 2. The highest BCUT2D eigenvalue weighted by Crippen LogP contribution is 2.29. The SMILES string of the molecule is CC(OCC1CCCCO1)C(=O)Nc1cc(C(F)(F)F)c[nH]c1=O. The summed E-state index contributed by atoms with van der Waals surface area (Å²) in [4.78, 5) is 25.5. The molecule has 6 nitrogen and oxygen atoms in total. The van der Waals surface area contributed by atoms with Gasteiger partial charge >= 0.3 is 6.18 Å². The number of rotatable bonds is 5. The zero-order valence-electron chi connectivity index (χ0n) is 13.1. The smallest absolute Gasteiger partial charge is 0.376 e. The molecule has 1 saturated heterocycles. The van der Waals surface area contributed by atoms with Gasteiger partial charge in [0.2, 0.25) is 0 Å². The number of alkyl halides is 3. The minimum atomic E-state index is -4.62. The monoisotopic (exact) mass is 348 g/mol. The van der Waals surface area contributed by atoms with Crippen LogP contribution in [-0.2, 0) is 20.4 Å². The van der Waals surface area contributed by atoms with E-state index in [9.17, 15) is 22.8 Å². The Labute approximate surface area is 136 Å². The molecule has 2 unspecified atom stereocenters. The summed E-state index contributed by atoms with van der Waals surface area (Å²) in [7, 11) is 0. The maximum atomic E-state index is 12.6. The first-order chi connectivity index (χ1) is 11.3. The largest absolute Gasteiger partial charge is 0.417 e. The summed E-state index contributed by atoms with van der Waals surface area (Å²) in [5, 5.41) is 2.16.